The average Bonchev–Trinajstić information content (AvgIpc) is 3.23. The number of anilines is 1. The van der Waals surface area contributed by atoms with Crippen molar-refractivity contribution >= 4 is 23.5 Å². The van der Waals surface area contributed by atoms with Crippen LogP contribution in [0, 0.1) is 5.82 Å². The highest BCUT2D eigenvalue weighted by molar-refractivity contribution is 6.03. The molecule has 0 fully saturated rings. The Kier molecular flexibility index (Phi) is 6.03. The number of hydrogen-bond donors (Lipinski definition) is 2. The summed E-state index contributed by atoms with van der Waals surface area (Å²) in [6.45, 7) is -0.233. The Balaban J connectivity index is 1.61. The molecule has 2 N–H and O–H groups in total. The number of halogens is 1. The maximum atomic E-state index is 13.0. The lowest BCUT2D eigenvalue weighted by Crippen LogP contribution is -2.30. The number of hydrogen-bond acceptors (Lipinski definition) is 5. The van der Waals surface area contributed by atoms with E-state index >= 15 is 0 Å². The molecule has 0 unspecified atom stereocenters. The van der Waals surface area contributed by atoms with Crippen LogP contribution in [0.3, 0.4) is 0 Å². The number of nitrogens with one attached hydrogen (secondary N) is 2. The standard InChI is InChI=1S/C21H17FN2O5/c1-28-19(25)12-23-20(26)14-4-8-16(9-5-14)24-21(27)18-11-10-17(29-18)13-2-6-15(22)7-3-13/h2-11H,12H2,1H3,(H,23,26)(H,24,27). The summed E-state index contributed by atoms with van der Waals surface area (Å²) in [6.07, 6.45) is 0. The van der Waals surface area contributed by atoms with Crippen LogP contribution in [0.2, 0.25) is 0 Å². The molecule has 3 rings (SSSR count). The normalized spacial score (nSPS) is 10.3. The Morgan fingerprint density at radius 3 is 2.28 bits per heavy atom. The summed E-state index contributed by atoms with van der Waals surface area (Å²) in [6, 6.07) is 15.0. The molecule has 0 saturated heterocycles. The molecule has 0 saturated carbocycles. The first kappa shape index (κ1) is 19.8. The zero-order valence-electron chi connectivity index (χ0n) is 15.4. The van der Waals surface area contributed by atoms with Crippen molar-refractivity contribution in [2.75, 3.05) is 19.0 Å². The van der Waals surface area contributed by atoms with Crippen molar-refractivity contribution in [2.24, 2.45) is 0 Å². The van der Waals surface area contributed by atoms with E-state index in [0.29, 0.717) is 22.6 Å². The number of ether oxygens (including phenoxy) is 1. The van der Waals surface area contributed by atoms with E-state index in [1.165, 1.54) is 37.4 Å². The van der Waals surface area contributed by atoms with Crippen LogP contribution in [0.5, 0.6) is 0 Å². The molecule has 1 heterocycles. The average molecular weight is 396 g/mol. The van der Waals surface area contributed by atoms with Gasteiger partial charge in [0.05, 0.1) is 7.11 Å². The predicted octanol–water partition coefficient (Wildman–Crippen LogP) is 3.24. The molecule has 8 heteroatoms. The third kappa shape index (κ3) is 5.07. The molecule has 0 bridgehead atoms. The largest absolute Gasteiger partial charge is 0.468 e. The highest BCUT2D eigenvalue weighted by Crippen LogP contribution is 2.23. The summed E-state index contributed by atoms with van der Waals surface area (Å²) >= 11 is 0. The minimum atomic E-state index is -0.555. The molecule has 0 spiro atoms. The highest BCUT2D eigenvalue weighted by atomic mass is 19.1. The number of benzene rings is 2. The van der Waals surface area contributed by atoms with Gasteiger partial charge in [-0.2, -0.15) is 0 Å². The summed E-state index contributed by atoms with van der Waals surface area (Å²) < 4.78 is 23.0. The molecular weight excluding hydrogens is 379 g/mol. The van der Waals surface area contributed by atoms with Crippen LogP contribution in [0.1, 0.15) is 20.9 Å². The monoisotopic (exact) mass is 396 g/mol. The van der Waals surface area contributed by atoms with Gasteiger partial charge in [0.15, 0.2) is 5.76 Å². The first-order valence-corrected chi connectivity index (χ1v) is 8.58. The number of rotatable bonds is 6. The van der Waals surface area contributed by atoms with Gasteiger partial charge in [-0.1, -0.05) is 0 Å². The molecular formula is C21H17FN2O5. The zero-order chi connectivity index (χ0) is 20.8. The van der Waals surface area contributed by atoms with E-state index in [-0.39, 0.29) is 18.1 Å². The SMILES string of the molecule is COC(=O)CNC(=O)c1ccc(NC(=O)c2ccc(-c3ccc(F)cc3)o2)cc1. The van der Waals surface area contributed by atoms with Gasteiger partial charge in [-0.3, -0.25) is 14.4 Å². The summed E-state index contributed by atoms with van der Waals surface area (Å²) in [4.78, 5) is 35.3. The fraction of sp³-hybridized carbons (Fsp3) is 0.0952. The Hall–Kier alpha value is -3.94. The van der Waals surface area contributed by atoms with Crippen LogP contribution >= 0.6 is 0 Å². The van der Waals surface area contributed by atoms with Gasteiger partial charge in [-0.05, 0) is 60.7 Å². The van der Waals surface area contributed by atoms with Gasteiger partial charge in [0.1, 0.15) is 18.1 Å². The predicted molar refractivity (Wildman–Crippen MR) is 103 cm³/mol. The van der Waals surface area contributed by atoms with Gasteiger partial charge in [0, 0.05) is 16.8 Å². The van der Waals surface area contributed by atoms with E-state index < -0.39 is 17.8 Å². The fourth-order valence-electron chi connectivity index (χ4n) is 2.45. The van der Waals surface area contributed by atoms with Crippen molar-refractivity contribution in [3.05, 3.63) is 77.8 Å². The van der Waals surface area contributed by atoms with Crippen molar-refractivity contribution in [3.8, 4) is 11.3 Å². The molecule has 3 aromatic rings. The van der Waals surface area contributed by atoms with Crippen LogP contribution in [0.4, 0.5) is 10.1 Å². The van der Waals surface area contributed by atoms with E-state index in [0.717, 1.165) is 0 Å². The Morgan fingerprint density at radius 2 is 1.62 bits per heavy atom. The van der Waals surface area contributed by atoms with Gasteiger partial charge >= 0.3 is 5.97 Å². The quantitative estimate of drug-likeness (QED) is 0.624. The first-order valence-electron chi connectivity index (χ1n) is 8.58. The second-order valence-corrected chi connectivity index (χ2v) is 5.96. The van der Waals surface area contributed by atoms with Crippen molar-refractivity contribution in [3.63, 3.8) is 0 Å². The summed E-state index contributed by atoms with van der Waals surface area (Å²) in [5, 5.41) is 5.08. The van der Waals surface area contributed by atoms with Crippen molar-refractivity contribution in [2.45, 2.75) is 0 Å². The molecule has 1 aromatic heterocycles. The Morgan fingerprint density at radius 1 is 0.931 bits per heavy atom. The number of esters is 1. The zero-order valence-corrected chi connectivity index (χ0v) is 15.4. The van der Waals surface area contributed by atoms with E-state index in [1.54, 1.807) is 30.3 Å². The summed E-state index contributed by atoms with van der Waals surface area (Å²) in [5.41, 5.74) is 1.43. The Labute approximate surface area is 165 Å². The minimum absolute atomic E-state index is 0.0872. The third-order valence-electron chi connectivity index (χ3n) is 3.98. The van der Waals surface area contributed by atoms with Crippen molar-refractivity contribution in [1.29, 1.82) is 0 Å². The van der Waals surface area contributed by atoms with Crippen LogP contribution in [0.15, 0.2) is 65.1 Å². The fourth-order valence-corrected chi connectivity index (χ4v) is 2.45. The Bertz CT molecular complexity index is 1030. The lowest BCUT2D eigenvalue weighted by Gasteiger charge is -2.06. The van der Waals surface area contributed by atoms with E-state index in [4.69, 9.17) is 4.42 Å². The molecule has 0 aliphatic carbocycles. The maximum absolute atomic E-state index is 13.0. The molecule has 0 aliphatic rings. The minimum Gasteiger partial charge on any atom is -0.468 e. The summed E-state index contributed by atoms with van der Waals surface area (Å²) in [7, 11) is 1.23. The number of furan rings is 1. The van der Waals surface area contributed by atoms with Crippen LogP contribution in [0.25, 0.3) is 11.3 Å². The molecule has 148 valence electrons. The molecule has 0 atom stereocenters. The third-order valence-corrected chi connectivity index (χ3v) is 3.98. The molecule has 0 aliphatic heterocycles. The smallest absolute Gasteiger partial charge is 0.325 e. The van der Waals surface area contributed by atoms with Crippen molar-refractivity contribution in [1.82, 2.24) is 5.32 Å². The van der Waals surface area contributed by atoms with Crippen LogP contribution in [-0.4, -0.2) is 31.4 Å². The molecule has 0 radical (unpaired) electrons. The maximum Gasteiger partial charge on any atom is 0.325 e. The number of methoxy groups -OCH3 is 1. The van der Waals surface area contributed by atoms with Gasteiger partial charge < -0.3 is 19.8 Å². The number of carbonyl (C=O) groups is 3. The topological polar surface area (TPSA) is 97.6 Å². The molecule has 2 aromatic carbocycles. The number of amides is 2. The lowest BCUT2D eigenvalue weighted by atomic mass is 10.2. The van der Waals surface area contributed by atoms with Gasteiger partial charge in [0.2, 0.25) is 0 Å². The summed E-state index contributed by atoms with van der Waals surface area (Å²) in [5.74, 6) is -1.30. The molecule has 29 heavy (non-hydrogen) atoms. The molecule has 7 nitrogen and oxygen atoms in total. The second kappa shape index (κ2) is 8.83. The van der Waals surface area contributed by atoms with E-state index in [9.17, 15) is 18.8 Å². The molecule has 2 amide bonds. The van der Waals surface area contributed by atoms with E-state index in [1.807, 2.05) is 0 Å². The number of carbonyl (C=O) groups excluding carboxylic acids is 3. The first-order chi connectivity index (χ1) is 14.0. The van der Waals surface area contributed by atoms with Gasteiger partial charge in [-0.25, -0.2) is 4.39 Å². The van der Waals surface area contributed by atoms with Crippen LogP contribution in [-0.2, 0) is 9.53 Å². The van der Waals surface area contributed by atoms with Gasteiger partial charge in [-0.15, -0.1) is 0 Å². The highest BCUT2D eigenvalue weighted by Gasteiger charge is 2.13. The van der Waals surface area contributed by atoms with Crippen LogP contribution < -0.4 is 10.6 Å². The van der Waals surface area contributed by atoms with Gasteiger partial charge in [0.25, 0.3) is 11.8 Å². The lowest BCUT2D eigenvalue weighted by molar-refractivity contribution is -0.139. The van der Waals surface area contributed by atoms with Crippen molar-refractivity contribution < 1.29 is 27.9 Å². The second-order valence-electron chi connectivity index (χ2n) is 5.96. The van der Waals surface area contributed by atoms with E-state index in [2.05, 4.69) is 15.4 Å².